The molecule has 5 heteroatoms. The summed E-state index contributed by atoms with van der Waals surface area (Å²) in [7, 11) is 0. The lowest BCUT2D eigenvalue weighted by atomic mass is 10.2. The molecule has 1 amide bonds. The summed E-state index contributed by atoms with van der Waals surface area (Å²) < 4.78 is 6.45. The van der Waals surface area contributed by atoms with E-state index in [2.05, 4.69) is 21.2 Å². The molecule has 0 aliphatic carbocycles. The monoisotopic (exact) mass is 270 g/mol. The fourth-order valence-electron chi connectivity index (χ4n) is 1.41. The fraction of sp³-hybridized carbons (Fsp3) is 0.300. The first-order chi connectivity index (χ1) is 7.08. The molecule has 0 aromatic heterocycles. The molecule has 0 saturated heterocycles. The van der Waals surface area contributed by atoms with Gasteiger partial charge in [0, 0.05) is 4.47 Å². The molecule has 0 spiro atoms. The van der Waals surface area contributed by atoms with E-state index in [9.17, 15) is 4.79 Å². The molecule has 80 valence electrons. The van der Waals surface area contributed by atoms with Crippen LogP contribution in [-0.4, -0.2) is 18.1 Å². The summed E-state index contributed by atoms with van der Waals surface area (Å²) >= 11 is 3.33. The average molecular weight is 271 g/mol. The Labute approximate surface area is 95.9 Å². The summed E-state index contributed by atoms with van der Waals surface area (Å²) in [6.45, 7) is 1.78. The topological polar surface area (TPSA) is 64.3 Å². The Morgan fingerprint density at radius 3 is 3.00 bits per heavy atom. The molecule has 0 saturated carbocycles. The Hall–Kier alpha value is -1.07. The van der Waals surface area contributed by atoms with E-state index in [1.54, 1.807) is 19.1 Å². The predicted octanol–water partition coefficient (Wildman–Crippen LogP) is 1.50. The standard InChI is InChI=1S/C10H11BrN2O2/c1-5-9(12)10(14)13-7-4-6(11)2-3-8(7)15-5/h2-5,9H,12H2,1H3,(H,13,14)/t5-,9?/m1/s1. The highest BCUT2D eigenvalue weighted by Gasteiger charge is 2.27. The molecule has 0 fully saturated rings. The van der Waals surface area contributed by atoms with Crippen molar-refractivity contribution in [3.63, 3.8) is 0 Å². The van der Waals surface area contributed by atoms with Gasteiger partial charge in [-0.05, 0) is 25.1 Å². The third-order valence-corrected chi connectivity index (χ3v) is 2.81. The van der Waals surface area contributed by atoms with Gasteiger partial charge in [0.1, 0.15) is 17.9 Å². The fourth-order valence-corrected chi connectivity index (χ4v) is 1.77. The van der Waals surface area contributed by atoms with E-state index in [1.807, 2.05) is 6.07 Å². The highest BCUT2D eigenvalue weighted by atomic mass is 79.9. The van der Waals surface area contributed by atoms with Gasteiger partial charge in [-0.1, -0.05) is 15.9 Å². The number of carbonyl (C=O) groups is 1. The lowest BCUT2D eigenvalue weighted by molar-refractivity contribution is -0.118. The lowest BCUT2D eigenvalue weighted by Gasteiger charge is -2.15. The number of halogens is 1. The number of hydrogen-bond acceptors (Lipinski definition) is 3. The average Bonchev–Trinajstić information content (AvgIpc) is 2.29. The molecule has 0 radical (unpaired) electrons. The smallest absolute Gasteiger partial charge is 0.245 e. The van der Waals surface area contributed by atoms with E-state index in [1.165, 1.54) is 0 Å². The minimum atomic E-state index is -0.642. The van der Waals surface area contributed by atoms with Gasteiger partial charge in [0.2, 0.25) is 5.91 Å². The Morgan fingerprint density at radius 2 is 2.27 bits per heavy atom. The molecular weight excluding hydrogens is 260 g/mol. The maximum absolute atomic E-state index is 11.6. The van der Waals surface area contributed by atoms with Crippen LogP contribution in [0, 0.1) is 0 Å². The van der Waals surface area contributed by atoms with E-state index in [0.717, 1.165) is 4.47 Å². The molecule has 1 heterocycles. The van der Waals surface area contributed by atoms with Gasteiger partial charge >= 0.3 is 0 Å². The Kier molecular flexibility index (Phi) is 2.67. The first-order valence-electron chi connectivity index (χ1n) is 4.60. The van der Waals surface area contributed by atoms with Crippen LogP contribution in [0.15, 0.2) is 22.7 Å². The van der Waals surface area contributed by atoms with Gasteiger partial charge in [-0.2, -0.15) is 0 Å². The van der Waals surface area contributed by atoms with Gasteiger partial charge in [0.15, 0.2) is 0 Å². The SMILES string of the molecule is C[C@H]1Oc2ccc(Br)cc2NC(=O)C1N. The maximum atomic E-state index is 11.6. The minimum absolute atomic E-state index is 0.223. The van der Waals surface area contributed by atoms with Crippen molar-refractivity contribution < 1.29 is 9.53 Å². The van der Waals surface area contributed by atoms with Crippen molar-refractivity contribution in [1.82, 2.24) is 0 Å². The Morgan fingerprint density at radius 1 is 1.53 bits per heavy atom. The molecule has 0 bridgehead atoms. The summed E-state index contributed by atoms with van der Waals surface area (Å²) in [5.41, 5.74) is 6.34. The molecule has 3 N–H and O–H groups in total. The summed E-state index contributed by atoms with van der Waals surface area (Å²) in [4.78, 5) is 11.6. The van der Waals surface area contributed by atoms with Crippen LogP contribution in [-0.2, 0) is 4.79 Å². The van der Waals surface area contributed by atoms with Crippen molar-refractivity contribution in [2.45, 2.75) is 19.1 Å². The van der Waals surface area contributed by atoms with Crippen molar-refractivity contribution >= 4 is 27.5 Å². The number of anilines is 1. The first kappa shape index (κ1) is 10.4. The number of fused-ring (bicyclic) bond motifs is 1. The number of hydrogen-bond donors (Lipinski definition) is 2. The van der Waals surface area contributed by atoms with Crippen LogP contribution in [0.1, 0.15) is 6.92 Å². The Balaban J connectivity index is 2.42. The first-order valence-corrected chi connectivity index (χ1v) is 5.40. The van der Waals surface area contributed by atoms with E-state index in [-0.39, 0.29) is 12.0 Å². The quantitative estimate of drug-likeness (QED) is 0.751. The highest BCUT2D eigenvalue weighted by Crippen LogP contribution is 2.31. The number of nitrogens with one attached hydrogen (secondary N) is 1. The van der Waals surface area contributed by atoms with Crippen molar-refractivity contribution in [2.24, 2.45) is 5.73 Å². The van der Waals surface area contributed by atoms with Crippen molar-refractivity contribution in [3.8, 4) is 5.75 Å². The Bertz CT molecular complexity index is 408. The molecule has 2 rings (SSSR count). The van der Waals surface area contributed by atoms with Gasteiger partial charge in [0.25, 0.3) is 0 Å². The van der Waals surface area contributed by atoms with E-state index in [4.69, 9.17) is 10.5 Å². The predicted molar refractivity (Wildman–Crippen MR) is 60.8 cm³/mol. The van der Waals surface area contributed by atoms with Crippen molar-refractivity contribution in [1.29, 1.82) is 0 Å². The maximum Gasteiger partial charge on any atom is 0.245 e. The van der Waals surface area contributed by atoms with Crippen LogP contribution in [0.25, 0.3) is 0 Å². The second kappa shape index (κ2) is 3.83. The molecular formula is C10H11BrN2O2. The third-order valence-electron chi connectivity index (χ3n) is 2.32. The normalized spacial score (nSPS) is 24.9. The molecule has 15 heavy (non-hydrogen) atoms. The van der Waals surface area contributed by atoms with Gasteiger partial charge < -0.3 is 15.8 Å². The zero-order valence-corrected chi connectivity index (χ0v) is 9.74. The van der Waals surface area contributed by atoms with Crippen LogP contribution in [0.2, 0.25) is 0 Å². The highest BCUT2D eigenvalue weighted by molar-refractivity contribution is 9.10. The lowest BCUT2D eigenvalue weighted by Crippen LogP contribution is -2.44. The third kappa shape index (κ3) is 1.98. The van der Waals surface area contributed by atoms with E-state index >= 15 is 0 Å². The van der Waals surface area contributed by atoms with Crippen LogP contribution in [0.4, 0.5) is 5.69 Å². The van der Waals surface area contributed by atoms with Gasteiger partial charge in [-0.15, -0.1) is 0 Å². The number of benzene rings is 1. The number of ether oxygens (including phenoxy) is 1. The molecule has 1 aliphatic heterocycles. The second-order valence-electron chi connectivity index (χ2n) is 3.48. The summed E-state index contributed by atoms with van der Waals surface area (Å²) in [6.07, 6.45) is -0.326. The zero-order valence-electron chi connectivity index (χ0n) is 8.16. The van der Waals surface area contributed by atoms with Crippen molar-refractivity contribution in [3.05, 3.63) is 22.7 Å². The number of nitrogens with two attached hydrogens (primary N) is 1. The van der Waals surface area contributed by atoms with Gasteiger partial charge in [-0.3, -0.25) is 4.79 Å². The molecule has 2 atom stereocenters. The van der Waals surface area contributed by atoms with E-state index in [0.29, 0.717) is 11.4 Å². The number of amides is 1. The molecule has 4 nitrogen and oxygen atoms in total. The molecule has 1 unspecified atom stereocenters. The van der Waals surface area contributed by atoms with Crippen LogP contribution in [0.3, 0.4) is 0 Å². The van der Waals surface area contributed by atoms with Crippen LogP contribution in [0.5, 0.6) is 5.75 Å². The summed E-state index contributed by atoms with van der Waals surface area (Å²) in [5, 5.41) is 2.72. The minimum Gasteiger partial charge on any atom is -0.486 e. The molecule has 1 aromatic carbocycles. The van der Waals surface area contributed by atoms with E-state index < -0.39 is 6.04 Å². The van der Waals surface area contributed by atoms with Crippen LogP contribution < -0.4 is 15.8 Å². The van der Waals surface area contributed by atoms with Gasteiger partial charge in [0.05, 0.1) is 5.69 Å². The van der Waals surface area contributed by atoms with Crippen LogP contribution >= 0.6 is 15.9 Å². The largest absolute Gasteiger partial charge is 0.486 e. The summed E-state index contributed by atoms with van der Waals surface area (Å²) in [6, 6.07) is 4.80. The number of rotatable bonds is 0. The molecule has 1 aromatic rings. The van der Waals surface area contributed by atoms with Gasteiger partial charge in [-0.25, -0.2) is 0 Å². The zero-order chi connectivity index (χ0) is 11.0. The molecule has 1 aliphatic rings. The summed E-state index contributed by atoms with van der Waals surface area (Å²) in [5.74, 6) is 0.423. The number of carbonyl (C=O) groups excluding carboxylic acids is 1. The van der Waals surface area contributed by atoms with Crippen molar-refractivity contribution in [2.75, 3.05) is 5.32 Å². The second-order valence-corrected chi connectivity index (χ2v) is 4.39.